The number of carbonyl (C=O) groups is 8. The molecule has 246 valence electrons. The largest absolute Gasteiger partial charge is 0.462 e. The van der Waals surface area contributed by atoms with Crippen LogP contribution in [0.5, 0.6) is 0 Å². The lowest BCUT2D eigenvalue weighted by Gasteiger charge is -2.56. The van der Waals surface area contributed by atoms with Crippen LogP contribution in [0.3, 0.4) is 0 Å². The van der Waals surface area contributed by atoms with Gasteiger partial charge in [-0.2, -0.15) is 0 Å². The molecule has 2 aliphatic carbocycles. The molecule has 2 saturated carbocycles. The van der Waals surface area contributed by atoms with E-state index in [2.05, 4.69) is 0 Å². The van der Waals surface area contributed by atoms with E-state index in [1.54, 1.807) is 0 Å². The van der Waals surface area contributed by atoms with Crippen LogP contribution in [0.25, 0.3) is 0 Å². The Hall–Kier alpha value is -4.24. The van der Waals surface area contributed by atoms with Crippen molar-refractivity contribution in [3.63, 3.8) is 0 Å². The number of ether oxygens (including phenoxy) is 8. The van der Waals surface area contributed by atoms with Crippen LogP contribution in [-0.4, -0.2) is 97.1 Å². The highest BCUT2D eigenvalue weighted by atomic mass is 16.6. The predicted octanol–water partition coefficient (Wildman–Crippen LogP) is 0.337. The van der Waals surface area contributed by atoms with Crippen LogP contribution in [0, 0.1) is 17.8 Å². The molecule has 0 heterocycles. The predicted molar refractivity (Wildman–Crippen MR) is 141 cm³/mol. The third-order valence-corrected chi connectivity index (χ3v) is 6.99. The second kappa shape index (κ2) is 15.5. The molecule has 0 unspecified atom stereocenters. The van der Waals surface area contributed by atoms with Crippen molar-refractivity contribution >= 4 is 47.8 Å². The molecular formula is C28H38O16. The SMILES string of the molecule is CC(=O)OC[C@@H](OC(C)=O)[C@H]1C[C@@H](OC(C)=O)[C@@H](OC(C)=O)[C@@H]2[C@@H](OC(C)=O)[C@H](OC(C)=O)[C@@H](OC(C)=O)[C@H](OC(C)=O)[C@H]12. The van der Waals surface area contributed by atoms with Gasteiger partial charge in [0.2, 0.25) is 0 Å². The van der Waals surface area contributed by atoms with Crippen molar-refractivity contribution in [3.8, 4) is 0 Å². The summed E-state index contributed by atoms with van der Waals surface area (Å²) in [6.45, 7) is 8.06. The maximum Gasteiger partial charge on any atom is 0.303 e. The van der Waals surface area contributed by atoms with E-state index >= 15 is 0 Å². The van der Waals surface area contributed by atoms with Gasteiger partial charge in [0.25, 0.3) is 0 Å². The molecule has 0 amide bonds. The minimum absolute atomic E-state index is 0.229. The molecule has 16 nitrogen and oxygen atoms in total. The van der Waals surface area contributed by atoms with E-state index in [-0.39, 0.29) is 6.42 Å². The molecule has 2 fully saturated rings. The maximum atomic E-state index is 12.5. The minimum Gasteiger partial charge on any atom is -0.462 e. The minimum atomic E-state index is -1.62. The van der Waals surface area contributed by atoms with Crippen LogP contribution in [0.15, 0.2) is 0 Å². The van der Waals surface area contributed by atoms with E-state index in [1.165, 1.54) is 0 Å². The number of hydrogen-bond donors (Lipinski definition) is 0. The Balaban J connectivity index is 2.99. The summed E-state index contributed by atoms with van der Waals surface area (Å²) in [5.74, 6) is -10.2. The van der Waals surface area contributed by atoms with E-state index in [0.717, 1.165) is 55.4 Å². The number of fused-ring (bicyclic) bond motifs is 1. The lowest BCUT2D eigenvalue weighted by Crippen LogP contribution is -2.71. The van der Waals surface area contributed by atoms with Crippen LogP contribution in [0.2, 0.25) is 0 Å². The summed E-state index contributed by atoms with van der Waals surface area (Å²) >= 11 is 0. The molecule has 0 radical (unpaired) electrons. The highest BCUT2D eigenvalue weighted by Gasteiger charge is 2.66. The third-order valence-electron chi connectivity index (χ3n) is 6.99. The molecule has 0 aromatic rings. The lowest BCUT2D eigenvalue weighted by molar-refractivity contribution is -0.270. The molecule has 2 aliphatic rings. The molecule has 0 N–H and O–H groups in total. The first kappa shape index (κ1) is 36.0. The van der Waals surface area contributed by atoms with Gasteiger partial charge in [-0.25, -0.2) is 0 Å². The van der Waals surface area contributed by atoms with Crippen LogP contribution in [0.4, 0.5) is 0 Å². The molecule has 16 heteroatoms. The summed E-state index contributed by atoms with van der Waals surface area (Å²) in [6.07, 6.45) is -10.5. The molecule has 2 rings (SSSR count). The number of hydrogen-bond acceptors (Lipinski definition) is 16. The molecule has 0 aliphatic heterocycles. The third kappa shape index (κ3) is 9.64. The highest BCUT2D eigenvalue weighted by Crippen LogP contribution is 2.51. The van der Waals surface area contributed by atoms with Gasteiger partial charge in [0.05, 0.1) is 0 Å². The van der Waals surface area contributed by atoms with Gasteiger partial charge in [-0.15, -0.1) is 0 Å². The first-order chi connectivity index (χ1) is 20.4. The zero-order valence-electron chi connectivity index (χ0n) is 25.7. The second-order valence-electron chi connectivity index (χ2n) is 10.5. The average molecular weight is 631 g/mol. The van der Waals surface area contributed by atoms with Gasteiger partial charge >= 0.3 is 47.8 Å². The molecule has 44 heavy (non-hydrogen) atoms. The number of carbonyl (C=O) groups excluding carboxylic acids is 8. The average Bonchev–Trinajstić information content (AvgIpc) is 2.84. The van der Waals surface area contributed by atoms with Gasteiger partial charge in [-0.05, 0) is 6.42 Å². The zero-order valence-corrected chi connectivity index (χ0v) is 25.7. The van der Waals surface area contributed by atoms with Crippen LogP contribution < -0.4 is 0 Å². The van der Waals surface area contributed by atoms with Crippen LogP contribution >= 0.6 is 0 Å². The van der Waals surface area contributed by atoms with E-state index in [0.29, 0.717) is 0 Å². The Morgan fingerprint density at radius 1 is 0.477 bits per heavy atom. The van der Waals surface area contributed by atoms with E-state index in [1.807, 2.05) is 0 Å². The fourth-order valence-electron chi connectivity index (χ4n) is 6.05. The quantitative estimate of drug-likeness (QED) is 0.235. The Kier molecular flexibility index (Phi) is 12.6. The van der Waals surface area contributed by atoms with Crippen molar-refractivity contribution in [2.75, 3.05) is 6.61 Å². The van der Waals surface area contributed by atoms with E-state index < -0.39 is 115 Å². The van der Waals surface area contributed by atoms with Gasteiger partial charge < -0.3 is 37.9 Å². The molecular weight excluding hydrogens is 592 g/mol. The first-order valence-corrected chi connectivity index (χ1v) is 13.8. The van der Waals surface area contributed by atoms with Crippen molar-refractivity contribution in [2.45, 2.75) is 105 Å². The van der Waals surface area contributed by atoms with Gasteiger partial charge in [-0.1, -0.05) is 0 Å². The smallest absolute Gasteiger partial charge is 0.303 e. The van der Waals surface area contributed by atoms with Crippen molar-refractivity contribution in [2.24, 2.45) is 17.8 Å². The molecule has 0 aromatic heterocycles. The fourth-order valence-corrected chi connectivity index (χ4v) is 6.05. The summed E-state index contributed by atoms with van der Waals surface area (Å²) in [5, 5.41) is 0. The van der Waals surface area contributed by atoms with Crippen molar-refractivity contribution in [1.82, 2.24) is 0 Å². The Morgan fingerprint density at radius 2 is 0.864 bits per heavy atom. The van der Waals surface area contributed by atoms with Crippen molar-refractivity contribution in [3.05, 3.63) is 0 Å². The molecule has 10 atom stereocenters. The van der Waals surface area contributed by atoms with Crippen molar-refractivity contribution in [1.29, 1.82) is 0 Å². The van der Waals surface area contributed by atoms with Crippen LogP contribution in [-0.2, 0) is 76.3 Å². The van der Waals surface area contributed by atoms with Crippen molar-refractivity contribution < 1.29 is 76.3 Å². The van der Waals surface area contributed by atoms with Gasteiger partial charge in [-0.3, -0.25) is 38.4 Å². The zero-order chi connectivity index (χ0) is 33.5. The lowest BCUT2D eigenvalue weighted by atomic mass is 9.58. The van der Waals surface area contributed by atoms with Gasteiger partial charge in [0.15, 0.2) is 12.2 Å². The van der Waals surface area contributed by atoms with Gasteiger partial charge in [0.1, 0.15) is 37.1 Å². The summed E-state index contributed by atoms with van der Waals surface area (Å²) < 4.78 is 44.2. The number of esters is 8. The Labute approximate surface area is 253 Å². The summed E-state index contributed by atoms with van der Waals surface area (Å²) in [7, 11) is 0. The summed E-state index contributed by atoms with van der Waals surface area (Å²) in [5.41, 5.74) is 0. The maximum absolute atomic E-state index is 12.5. The van der Waals surface area contributed by atoms with Crippen LogP contribution in [0.1, 0.15) is 61.8 Å². The summed E-state index contributed by atoms with van der Waals surface area (Å²) in [6, 6.07) is 0. The topological polar surface area (TPSA) is 210 Å². The standard InChI is InChI=1S/C28H38O16/c1-11(29)37-10-21(39-13(3)31)19-9-20(38-12(2)30)24(40-14(4)32)23-22(19)25(41-15(5)33)27(43-17(7)35)28(44-18(8)36)26(23)42-16(6)34/h19-28H,9-10H2,1-8H3/t19-,20-,21-,22-,23-,24-,25-,26-,27+,28+/m1/s1. The second-order valence-corrected chi connectivity index (χ2v) is 10.5. The number of rotatable bonds is 10. The Bertz CT molecular complexity index is 1130. The van der Waals surface area contributed by atoms with Gasteiger partial charge in [0, 0.05) is 73.1 Å². The first-order valence-electron chi connectivity index (χ1n) is 13.8. The molecule has 0 spiro atoms. The fraction of sp³-hybridized carbons (Fsp3) is 0.714. The molecule has 0 aromatic carbocycles. The molecule has 0 saturated heterocycles. The Morgan fingerprint density at radius 3 is 1.25 bits per heavy atom. The summed E-state index contributed by atoms with van der Waals surface area (Å²) in [4.78, 5) is 98.1. The normalized spacial score (nSPS) is 29.8. The molecule has 0 bridgehead atoms. The highest BCUT2D eigenvalue weighted by molar-refractivity contribution is 5.70. The van der Waals surface area contributed by atoms with E-state index in [9.17, 15) is 38.4 Å². The van der Waals surface area contributed by atoms with E-state index in [4.69, 9.17) is 37.9 Å². The monoisotopic (exact) mass is 630 g/mol.